The van der Waals surface area contributed by atoms with Gasteiger partial charge < -0.3 is 4.90 Å². The number of pyridine rings is 1. The van der Waals surface area contributed by atoms with Gasteiger partial charge in [0.05, 0.1) is 6.54 Å². The van der Waals surface area contributed by atoms with Crippen LogP contribution in [0.25, 0.3) is 11.2 Å². The van der Waals surface area contributed by atoms with Gasteiger partial charge in [-0.05, 0) is 49.7 Å². The van der Waals surface area contributed by atoms with Gasteiger partial charge in [-0.1, -0.05) is 48.5 Å². The predicted octanol–water partition coefficient (Wildman–Crippen LogP) is 4.92. The Morgan fingerprint density at radius 3 is 2.24 bits per heavy atom. The normalized spacial score (nSPS) is 15.8. The minimum Gasteiger partial charge on any atom is -0.338 e. The molecule has 1 N–H and O–H groups in total. The molecule has 1 aliphatic rings. The van der Waals surface area contributed by atoms with E-state index in [-0.39, 0.29) is 6.17 Å². The van der Waals surface area contributed by atoms with Crippen LogP contribution in [0.1, 0.15) is 24.0 Å². The van der Waals surface area contributed by atoms with Crippen molar-refractivity contribution in [2.75, 3.05) is 11.4 Å². The molecule has 0 bridgehead atoms. The molecule has 1 atom stereocenters. The van der Waals surface area contributed by atoms with Gasteiger partial charge in [-0.2, -0.15) is 5.01 Å². The molecule has 0 spiro atoms. The van der Waals surface area contributed by atoms with E-state index in [1.807, 2.05) is 24.1 Å². The summed E-state index contributed by atoms with van der Waals surface area (Å²) in [6, 6.07) is 22.8. The van der Waals surface area contributed by atoms with Gasteiger partial charge in [-0.25, -0.2) is 15.5 Å². The molecule has 168 valence electrons. The number of hydrogen-bond acceptors (Lipinski definition) is 7. The number of imidazole rings is 1. The predicted molar refractivity (Wildman–Crippen MR) is 130 cm³/mol. The topological polar surface area (TPSA) is 73.9 Å². The number of rotatable bonds is 7. The van der Waals surface area contributed by atoms with Crippen molar-refractivity contribution >= 4 is 22.5 Å². The molecular formula is C25H28N8. The number of hydrazine groups is 1. The Bertz CT molecular complexity index is 1230. The third-order valence-electron chi connectivity index (χ3n) is 5.92. The summed E-state index contributed by atoms with van der Waals surface area (Å²) in [4.78, 5) is 11.9. The Morgan fingerprint density at radius 2 is 1.61 bits per heavy atom. The molecule has 2 aromatic carbocycles. The summed E-state index contributed by atoms with van der Waals surface area (Å²) < 4.78 is 2.17. The lowest BCUT2D eigenvalue weighted by atomic mass is 10.2. The first-order valence-electron chi connectivity index (χ1n) is 11.3. The summed E-state index contributed by atoms with van der Waals surface area (Å²) in [5, 5.41) is 10.7. The fourth-order valence-corrected chi connectivity index (χ4v) is 4.30. The maximum atomic E-state index is 4.87. The summed E-state index contributed by atoms with van der Waals surface area (Å²) >= 11 is 0. The van der Waals surface area contributed by atoms with Crippen LogP contribution in [0.5, 0.6) is 0 Å². The minimum absolute atomic E-state index is 0.182. The second-order valence-electron chi connectivity index (χ2n) is 8.25. The largest absolute Gasteiger partial charge is 0.338 e. The molecule has 3 heterocycles. The van der Waals surface area contributed by atoms with Gasteiger partial charge in [0.15, 0.2) is 11.8 Å². The summed E-state index contributed by atoms with van der Waals surface area (Å²) in [5.74, 6) is 1.00. The molecule has 0 saturated carbocycles. The molecule has 2 aromatic heterocycles. The molecule has 0 radical (unpaired) electrons. The van der Waals surface area contributed by atoms with E-state index in [0.29, 0.717) is 13.2 Å². The van der Waals surface area contributed by atoms with Crippen molar-refractivity contribution in [1.82, 2.24) is 25.1 Å². The van der Waals surface area contributed by atoms with Crippen molar-refractivity contribution in [1.29, 1.82) is 0 Å². The van der Waals surface area contributed by atoms with E-state index in [9.17, 15) is 0 Å². The van der Waals surface area contributed by atoms with E-state index in [4.69, 9.17) is 9.97 Å². The molecule has 0 aliphatic carbocycles. The van der Waals surface area contributed by atoms with Crippen LogP contribution in [0, 0.1) is 13.8 Å². The third-order valence-corrected chi connectivity index (χ3v) is 5.92. The zero-order chi connectivity index (χ0) is 22.8. The molecule has 8 heteroatoms. The van der Waals surface area contributed by atoms with Gasteiger partial charge in [0.25, 0.3) is 0 Å². The molecule has 0 fully saturated rings. The van der Waals surface area contributed by atoms with Crippen LogP contribution in [0.15, 0.2) is 77.1 Å². The molecule has 8 nitrogen and oxygen atoms in total. The Kier molecular flexibility index (Phi) is 5.75. The molecular weight excluding hydrogens is 412 g/mol. The number of aromatic nitrogens is 3. The Labute approximate surface area is 193 Å². The maximum Gasteiger partial charge on any atom is 0.163 e. The van der Waals surface area contributed by atoms with E-state index in [2.05, 4.69) is 93.8 Å². The number of para-hydroxylation sites is 2. The number of nitrogens with one attached hydrogen (secondary N) is 1. The third kappa shape index (κ3) is 4.17. The van der Waals surface area contributed by atoms with Crippen LogP contribution in [-0.4, -0.2) is 32.3 Å². The van der Waals surface area contributed by atoms with Gasteiger partial charge in [0.1, 0.15) is 18.0 Å². The van der Waals surface area contributed by atoms with Crippen LogP contribution >= 0.6 is 0 Å². The highest BCUT2D eigenvalue weighted by Gasteiger charge is 2.28. The fraction of sp³-hybridized carbons (Fsp3) is 0.280. The summed E-state index contributed by atoms with van der Waals surface area (Å²) in [6.07, 6.45) is 0.639. The van der Waals surface area contributed by atoms with Crippen molar-refractivity contribution < 1.29 is 0 Å². The Morgan fingerprint density at radius 1 is 0.939 bits per heavy atom. The molecule has 33 heavy (non-hydrogen) atoms. The van der Waals surface area contributed by atoms with Gasteiger partial charge in [0.2, 0.25) is 0 Å². The van der Waals surface area contributed by atoms with Crippen molar-refractivity contribution in [2.24, 2.45) is 10.3 Å². The van der Waals surface area contributed by atoms with Gasteiger partial charge in [-0.3, -0.25) is 4.57 Å². The van der Waals surface area contributed by atoms with Crippen LogP contribution in [0.4, 0.5) is 11.4 Å². The summed E-state index contributed by atoms with van der Waals surface area (Å²) in [5.41, 5.74) is 9.30. The lowest BCUT2D eigenvalue weighted by Crippen LogP contribution is -2.44. The van der Waals surface area contributed by atoms with Crippen LogP contribution in [0.3, 0.4) is 0 Å². The summed E-state index contributed by atoms with van der Waals surface area (Å²) in [6.45, 7) is 7.42. The standard InChI is InChI=1S/C25H28N8/c1-4-22-27-24-18(2)15-19(3)26-25(24)32(22)17-33-23(28-29-30-33)16-31(20-11-7-5-8-12-20)21-13-9-6-10-14-21/h5-15,23H,4,16-17H2,1-3H3,(H,28,30). The lowest BCUT2D eigenvalue weighted by molar-refractivity contribution is 0.130. The highest BCUT2D eigenvalue weighted by Crippen LogP contribution is 2.27. The van der Waals surface area contributed by atoms with E-state index < -0.39 is 0 Å². The molecule has 5 rings (SSSR count). The highest BCUT2D eigenvalue weighted by molar-refractivity contribution is 5.75. The molecule has 1 aliphatic heterocycles. The van der Waals surface area contributed by atoms with E-state index in [0.717, 1.165) is 46.0 Å². The van der Waals surface area contributed by atoms with Crippen molar-refractivity contribution in [3.63, 3.8) is 0 Å². The van der Waals surface area contributed by atoms with Crippen molar-refractivity contribution in [2.45, 2.75) is 40.0 Å². The van der Waals surface area contributed by atoms with Crippen molar-refractivity contribution in [3.8, 4) is 0 Å². The smallest absolute Gasteiger partial charge is 0.163 e. The molecule has 4 aromatic rings. The number of fused-ring (bicyclic) bond motifs is 1. The van der Waals surface area contributed by atoms with E-state index in [1.54, 1.807) is 0 Å². The van der Waals surface area contributed by atoms with Gasteiger partial charge >= 0.3 is 0 Å². The van der Waals surface area contributed by atoms with Crippen molar-refractivity contribution in [3.05, 3.63) is 83.8 Å². The first-order valence-corrected chi connectivity index (χ1v) is 11.3. The zero-order valence-corrected chi connectivity index (χ0v) is 19.2. The average molecular weight is 441 g/mol. The van der Waals surface area contributed by atoms with Gasteiger partial charge in [-0.15, -0.1) is 5.11 Å². The Hall–Kier alpha value is -3.78. The quantitative estimate of drug-likeness (QED) is 0.442. The number of aryl methyl sites for hydroxylation is 3. The number of nitrogens with zero attached hydrogens (tertiary/aromatic N) is 7. The van der Waals surface area contributed by atoms with Gasteiger partial charge in [0, 0.05) is 23.5 Å². The van der Waals surface area contributed by atoms with Crippen LogP contribution < -0.4 is 10.4 Å². The fourth-order valence-electron chi connectivity index (χ4n) is 4.30. The molecule has 0 amide bonds. The van der Waals surface area contributed by atoms with Crippen LogP contribution in [0.2, 0.25) is 0 Å². The monoisotopic (exact) mass is 440 g/mol. The van der Waals surface area contributed by atoms with E-state index >= 15 is 0 Å². The second-order valence-corrected chi connectivity index (χ2v) is 8.25. The number of hydrogen-bond donors (Lipinski definition) is 1. The number of anilines is 2. The SMILES string of the molecule is CCc1nc2c(C)cc(C)nc2n1CN1NN=NC1CN(c1ccccc1)c1ccccc1. The average Bonchev–Trinajstić information content (AvgIpc) is 3.43. The van der Waals surface area contributed by atoms with Crippen LogP contribution in [-0.2, 0) is 13.1 Å². The number of benzene rings is 2. The second kappa shape index (κ2) is 8.99. The molecule has 0 saturated heterocycles. The zero-order valence-electron chi connectivity index (χ0n) is 19.2. The summed E-state index contributed by atoms with van der Waals surface area (Å²) in [7, 11) is 0. The molecule has 1 unspecified atom stereocenters. The highest BCUT2D eigenvalue weighted by atomic mass is 15.8. The first kappa shape index (κ1) is 21.1. The minimum atomic E-state index is -0.182. The maximum absolute atomic E-state index is 4.87. The first-order chi connectivity index (χ1) is 16.1. The van der Waals surface area contributed by atoms with E-state index in [1.165, 1.54) is 0 Å². The Balaban J connectivity index is 1.45. The lowest BCUT2D eigenvalue weighted by Gasteiger charge is -2.30.